The molecule has 1 aliphatic rings. The molecule has 1 aromatic rings. The average molecular weight is 290 g/mol. The zero-order chi connectivity index (χ0) is 15.5. The number of carbonyl (C=O) groups is 1. The first kappa shape index (κ1) is 15.8. The molecule has 1 atom stereocenters. The maximum Gasteiger partial charge on any atom is 0.251 e. The molecule has 116 valence electrons. The van der Waals surface area contributed by atoms with Crippen molar-refractivity contribution >= 4 is 11.6 Å². The highest BCUT2D eigenvalue weighted by Gasteiger charge is 2.35. The van der Waals surface area contributed by atoms with Gasteiger partial charge in [-0.05, 0) is 56.4 Å². The first-order chi connectivity index (χ1) is 9.99. The van der Waals surface area contributed by atoms with Crippen molar-refractivity contribution in [3.8, 4) is 0 Å². The lowest BCUT2D eigenvalue weighted by molar-refractivity contribution is -0.0917. The second-order valence-corrected chi connectivity index (χ2v) is 5.98. The number of anilines is 1. The Bertz CT molecular complexity index is 510. The molecule has 1 aromatic carbocycles. The van der Waals surface area contributed by atoms with Gasteiger partial charge in [0.05, 0.1) is 5.60 Å². The number of benzene rings is 1. The molecule has 0 spiro atoms. The molecule has 1 aliphatic heterocycles. The lowest BCUT2D eigenvalue weighted by Gasteiger charge is -2.40. The van der Waals surface area contributed by atoms with Crippen molar-refractivity contribution in [2.75, 3.05) is 12.3 Å². The molecule has 2 rings (SSSR count). The molecule has 1 fully saturated rings. The van der Waals surface area contributed by atoms with Crippen LogP contribution < -0.4 is 11.1 Å². The molecule has 4 nitrogen and oxygen atoms in total. The minimum Gasteiger partial charge on any atom is -0.399 e. The summed E-state index contributed by atoms with van der Waals surface area (Å²) in [4.78, 5) is 12.4. The number of nitrogens with one attached hydrogen (secondary N) is 1. The predicted molar refractivity (Wildman–Crippen MR) is 85.3 cm³/mol. The normalized spacial score (nSPS) is 21.0. The smallest absolute Gasteiger partial charge is 0.251 e. The van der Waals surface area contributed by atoms with E-state index in [0.29, 0.717) is 17.9 Å². The number of nitrogens with two attached hydrogens (primary N) is 1. The van der Waals surface area contributed by atoms with Gasteiger partial charge in [-0.2, -0.15) is 0 Å². The second kappa shape index (κ2) is 6.48. The van der Waals surface area contributed by atoms with Gasteiger partial charge in [0.15, 0.2) is 0 Å². The Morgan fingerprint density at radius 1 is 1.43 bits per heavy atom. The van der Waals surface area contributed by atoms with E-state index >= 15 is 0 Å². The van der Waals surface area contributed by atoms with Crippen molar-refractivity contribution in [2.45, 2.75) is 58.1 Å². The summed E-state index contributed by atoms with van der Waals surface area (Å²) in [7, 11) is 0. The van der Waals surface area contributed by atoms with Crippen molar-refractivity contribution in [1.82, 2.24) is 5.32 Å². The Balaban J connectivity index is 2.05. The van der Waals surface area contributed by atoms with E-state index in [-0.39, 0.29) is 17.6 Å². The van der Waals surface area contributed by atoms with E-state index < -0.39 is 0 Å². The van der Waals surface area contributed by atoms with Gasteiger partial charge in [-0.15, -0.1) is 0 Å². The number of hydrogen-bond acceptors (Lipinski definition) is 3. The predicted octanol–water partition coefficient (Wildman–Crippen LogP) is 3.04. The van der Waals surface area contributed by atoms with Crippen LogP contribution in [0.4, 0.5) is 5.69 Å². The van der Waals surface area contributed by atoms with E-state index in [1.54, 1.807) is 12.1 Å². The molecule has 3 N–H and O–H groups in total. The number of hydrogen-bond donors (Lipinski definition) is 2. The molecular formula is C17H26N2O2. The highest BCUT2D eigenvalue weighted by molar-refractivity contribution is 5.96. The largest absolute Gasteiger partial charge is 0.399 e. The molecule has 1 unspecified atom stereocenters. The minimum absolute atomic E-state index is 0.0134. The number of ether oxygens (including phenoxy) is 1. The van der Waals surface area contributed by atoms with E-state index in [1.165, 1.54) is 0 Å². The quantitative estimate of drug-likeness (QED) is 0.838. The van der Waals surface area contributed by atoms with Crippen LogP contribution >= 0.6 is 0 Å². The monoisotopic (exact) mass is 290 g/mol. The summed E-state index contributed by atoms with van der Waals surface area (Å²) in [6, 6.07) is 5.59. The van der Waals surface area contributed by atoms with E-state index in [1.807, 2.05) is 13.0 Å². The van der Waals surface area contributed by atoms with Gasteiger partial charge in [0.1, 0.15) is 0 Å². The molecule has 21 heavy (non-hydrogen) atoms. The number of nitrogen functional groups attached to an aromatic ring is 1. The van der Waals surface area contributed by atoms with Crippen LogP contribution in [0, 0.1) is 6.92 Å². The Morgan fingerprint density at radius 3 is 2.76 bits per heavy atom. The third-order valence-electron chi connectivity index (χ3n) is 4.61. The summed E-state index contributed by atoms with van der Waals surface area (Å²) >= 11 is 0. The summed E-state index contributed by atoms with van der Waals surface area (Å²) in [5.41, 5.74) is 7.96. The lowest BCUT2D eigenvalue weighted by Crippen LogP contribution is -2.48. The molecular weight excluding hydrogens is 264 g/mol. The second-order valence-electron chi connectivity index (χ2n) is 5.98. The van der Waals surface area contributed by atoms with Crippen LogP contribution in [0.3, 0.4) is 0 Å². The van der Waals surface area contributed by atoms with Crippen molar-refractivity contribution in [3.63, 3.8) is 0 Å². The minimum atomic E-state index is -0.0770. The van der Waals surface area contributed by atoms with Gasteiger partial charge in [-0.3, -0.25) is 4.79 Å². The molecule has 1 amide bonds. The zero-order valence-electron chi connectivity index (χ0n) is 13.2. The molecule has 0 bridgehead atoms. The molecule has 1 heterocycles. The van der Waals surface area contributed by atoms with Crippen molar-refractivity contribution < 1.29 is 9.53 Å². The molecule has 0 aliphatic carbocycles. The Morgan fingerprint density at radius 2 is 2.14 bits per heavy atom. The first-order valence-electron chi connectivity index (χ1n) is 7.80. The Hall–Kier alpha value is -1.55. The van der Waals surface area contributed by atoms with Crippen LogP contribution in [0.5, 0.6) is 0 Å². The van der Waals surface area contributed by atoms with Gasteiger partial charge >= 0.3 is 0 Å². The van der Waals surface area contributed by atoms with Gasteiger partial charge < -0.3 is 15.8 Å². The van der Waals surface area contributed by atoms with Gasteiger partial charge in [0.2, 0.25) is 0 Å². The zero-order valence-corrected chi connectivity index (χ0v) is 13.2. The van der Waals surface area contributed by atoms with Crippen LogP contribution in [-0.4, -0.2) is 24.2 Å². The van der Waals surface area contributed by atoms with Gasteiger partial charge in [-0.25, -0.2) is 0 Å². The molecule has 1 saturated heterocycles. The van der Waals surface area contributed by atoms with Crippen LogP contribution in [0.2, 0.25) is 0 Å². The topological polar surface area (TPSA) is 64.4 Å². The third kappa shape index (κ3) is 3.56. The van der Waals surface area contributed by atoms with Crippen LogP contribution in [0.15, 0.2) is 18.2 Å². The van der Waals surface area contributed by atoms with Crippen LogP contribution in [0.25, 0.3) is 0 Å². The number of rotatable bonds is 4. The van der Waals surface area contributed by atoms with Gasteiger partial charge in [0, 0.05) is 23.9 Å². The van der Waals surface area contributed by atoms with Gasteiger partial charge in [-0.1, -0.05) is 13.8 Å². The maximum absolute atomic E-state index is 12.4. The highest BCUT2D eigenvalue weighted by Crippen LogP contribution is 2.31. The summed E-state index contributed by atoms with van der Waals surface area (Å²) in [5, 5.41) is 3.16. The lowest BCUT2D eigenvalue weighted by atomic mass is 9.86. The molecule has 0 aromatic heterocycles. The fraction of sp³-hybridized carbons (Fsp3) is 0.588. The van der Waals surface area contributed by atoms with Gasteiger partial charge in [0.25, 0.3) is 5.91 Å². The van der Waals surface area contributed by atoms with Crippen molar-refractivity contribution in [3.05, 3.63) is 29.3 Å². The standard InChI is InChI=1S/C17H26N2O2/c1-4-17(5-2)11-14(8-9-21-17)19-16(20)15-7-6-13(18)10-12(15)3/h6-7,10,14H,4-5,8-9,11,18H2,1-3H3,(H,19,20). The van der Waals surface area contributed by atoms with E-state index in [4.69, 9.17) is 10.5 Å². The van der Waals surface area contributed by atoms with E-state index in [9.17, 15) is 4.79 Å². The fourth-order valence-corrected chi connectivity index (χ4v) is 3.10. The molecule has 0 radical (unpaired) electrons. The van der Waals surface area contributed by atoms with Crippen molar-refractivity contribution in [1.29, 1.82) is 0 Å². The summed E-state index contributed by atoms with van der Waals surface area (Å²) in [6.07, 6.45) is 3.73. The fourth-order valence-electron chi connectivity index (χ4n) is 3.10. The van der Waals surface area contributed by atoms with Crippen LogP contribution in [0.1, 0.15) is 55.5 Å². The van der Waals surface area contributed by atoms with E-state index in [0.717, 1.165) is 31.2 Å². The summed E-state index contributed by atoms with van der Waals surface area (Å²) in [5.74, 6) is -0.0134. The SMILES string of the molecule is CCC1(CC)CC(NC(=O)c2ccc(N)cc2C)CCO1. The average Bonchev–Trinajstić information content (AvgIpc) is 2.47. The van der Waals surface area contributed by atoms with E-state index in [2.05, 4.69) is 19.2 Å². The molecule has 4 heteroatoms. The third-order valence-corrected chi connectivity index (χ3v) is 4.61. The van der Waals surface area contributed by atoms with Crippen LogP contribution in [-0.2, 0) is 4.74 Å². The first-order valence-corrected chi connectivity index (χ1v) is 7.80. The summed E-state index contributed by atoms with van der Waals surface area (Å²) in [6.45, 7) is 6.93. The molecule has 0 saturated carbocycles. The summed E-state index contributed by atoms with van der Waals surface area (Å²) < 4.78 is 5.95. The maximum atomic E-state index is 12.4. The Labute approximate surface area is 127 Å². The highest BCUT2D eigenvalue weighted by atomic mass is 16.5. The number of amides is 1. The number of carbonyl (C=O) groups excluding carboxylic acids is 1. The number of aryl methyl sites for hydroxylation is 1. The Kier molecular flexibility index (Phi) is 4.88. The van der Waals surface area contributed by atoms with Crippen molar-refractivity contribution in [2.24, 2.45) is 0 Å².